The first-order valence-corrected chi connectivity index (χ1v) is 10.4. The number of ether oxygens (including phenoxy) is 3. The van der Waals surface area contributed by atoms with Gasteiger partial charge in [-0.3, -0.25) is 9.59 Å². The predicted octanol–water partition coefficient (Wildman–Crippen LogP) is 3.53. The molecule has 0 fully saturated rings. The summed E-state index contributed by atoms with van der Waals surface area (Å²) >= 11 is 6.17. The van der Waals surface area contributed by atoms with Gasteiger partial charge in [0, 0.05) is 21.7 Å². The first-order valence-electron chi connectivity index (χ1n) is 10.0. The average Bonchev–Trinajstić information content (AvgIpc) is 3.31. The van der Waals surface area contributed by atoms with Crippen molar-refractivity contribution in [1.82, 2.24) is 10.7 Å². The molecule has 168 valence electrons. The molecule has 2 N–H and O–H groups in total. The van der Waals surface area contributed by atoms with Crippen LogP contribution in [0.2, 0.25) is 5.02 Å². The second kappa shape index (κ2) is 10.5. The number of hydrogen-bond acceptors (Lipinski definition) is 6. The van der Waals surface area contributed by atoms with E-state index in [-0.39, 0.29) is 13.3 Å². The Labute approximate surface area is 195 Å². The summed E-state index contributed by atoms with van der Waals surface area (Å²) in [6.07, 6.45) is 1.47. The fourth-order valence-electron chi connectivity index (χ4n) is 3.00. The predicted molar refractivity (Wildman–Crippen MR) is 123 cm³/mol. The molecule has 0 aliphatic carbocycles. The van der Waals surface area contributed by atoms with Gasteiger partial charge < -0.3 is 19.5 Å². The molecule has 0 aromatic heterocycles. The summed E-state index contributed by atoms with van der Waals surface area (Å²) in [7, 11) is 0. The van der Waals surface area contributed by atoms with Gasteiger partial charge in [-0.05, 0) is 36.4 Å². The van der Waals surface area contributed by atoms with Gasteiger partial charge in [0.15, 0.2) is 11.5 Å². The van der Waals surface area contributed by atoms with E-state index in [1.807, 2.05) is 30.3 Å². The van der Waals surface area contributed by atoms with E-state index in [0.717, 1.165) is 5.56 Å². The van der Waals surface area contributed by atoms with Crippen molar-refractivity contribution in [2.45, 2.75) is 6.61 Å². The van der Waals surface area contributed by atoms with E-state index in [4.69, 9.17) is 25.8 Å². The first-order chi connectivity index (χ1) is 16.1. The van der Waals surface area contributed by atoms with Gasteiger partial charge in [-0.15, -0.1) is 0 Å². The number of halogens is 1. The number of amides is 2. The molecule has 3 aromatic carbocycles. The van der Waals surface area contributed by atoms with Gasteiger partial charge in [-0.2, -0.15) is 5.10 Å². The maximum Gasteiger partial charge on any atom is 0.259 e. The molecular formula is C24H20ClN3O5. The van der Waals surface area contributed by atoms with Gasteiger partial charge in [0.25, 0.3) is 11.8 Å². The molecule has 3 aromatic rings. The average molecular weight is 466 g/mol. The lowest BCUT2D eigenvalue weighted by atomic mass is 10.2. The summed E-state index contributed by atoms with van der Waals surface area (Å²) in [5.41, 5.74) is 4.28. The number of nitrogens with zero attached hydrogens (tertiary/aromatic N) is 1. The van der Waals surface area contributed by atoms with Crippen molar-refractivity contribution >= 4 is 29.6 Å². The zero-order valence-corrected chi connectivity index (χ0v) is 18.2. The van der Waals surface area contributed by atoms with Crippen LogP contribution in [0, 0.1) is 0 Å². The van der Waals surface area contributed by atoms with Crippen LogP contribution in [0.1, 0.15) is 21.5 Å². The van der Waals surface area contributed by atoms with Crippen LogP contribution < -0.4 is 25.0 Å². The Morgan fingerprint density at radius 1 is 1.03 bits per heavy atom. The number of rotatable bonds is 8. The molecule has 4 rings (SSSR count). The minimum Gasteiger partial charge on any atom is -0.488 e. The van der Waals surface area contributed by atoms with Gasteiger partial charge in [-0.25, -0.2) is 5.43 Å². The molecular weight excluding hydrogens is 446 g/mol. The molecule has 0 bridgehead atoms. The molecule has 2 amide bonds. The quantitative estimate of drug-likeness (QED) is 0.392. The zero-order valence-electron chi connectivity index (χ0n) is 17.4. The van der Waals surface area contributed by atoms with Gasteiger partial charge in [0.1, 0.15) is 12.4 Å². The molecule has 0 saturated heterocycles. The van der Waals surface area contributed by atoms with Gasteiger partial charge >= 0.3 is 0 Å². The van der Waals surface area contributed by atoms with Crippen LogP contribution in [0.5, 0.6) is 17.2 Å². The van der Waals surface area contributed by atoms with Crippen molar-refractivity contribution in [3.63, 3.8) is 0 Å². The number of carbonyl (C=O) groups is 2. The second-order valence-electron chi connectivity index (χ2n) is 6.96. The largest absolute Gasteiger partial charge is 0.488 e. The van der Waals surface area contributed by atoms with Gasteiger partial charge in [-0.1, -0.05) is 41.9 Å². The molecule has 9 heteroatoms. The third kappa shape index (κ3) is 5.81. The topological polar surface area (TPSA) is 98.3 Å². The summed E-state index contributed by atoms with van der Waals surface area (Å²) in [4.78, 5) is 24.3. The minimum absolute atomic E-state index is 0.120. The highest BCUT2D eigenvalue weighted by Crippen LogP contribution is 2.32. The standard InChI is InChI=1S/C24H20ClN3O5/c25-19-7-3-1-6-18(19)14-31-20-8-4-2-5-17(20)12-27-28-23(29)13-26-24(30)16-9-10-21-22(11-16)33-15-32-21/h1-12H,13-15H2,(H,26,30)(H,28,29)/b27-12+. The summed E-state index contributed by atoms with van der Waals surface area (Å²) in [6.45, 7) is 0.174. The van der Waals surface area contributed by atoms with Crippen LogP contribution >= 0.6 is 11.6 Å². The number of fused-ring (bicyclic) bond motifs is 1. The van der Waals surface area contributed by atoms with Crippen molar-refractivity contribution in [3.05, 3.63) is 88.4 Å². The maximum absolute atomic E-state index is 12.2. The lowest BCUT2D eigenvalue weighted by Crippen LogP contribution is -2.34. The first kappa shape index (κ1) is 22.2. The smallest absolute Gasteiger partial charge is 0.259 e. The zero-order chi connectivity index (χ0) is 23.0. The molecule has 1 heterocycles. The number of para-hydroxylation sites is 1. The molecule has 0 spiro atoms. The van der Waals surface area contributed by atoms with Gasteiger partial charge in [0.05, 0.1) is 12.8 Å². The van der Waals surface area contributed by atoms with E-state index < -0.39 is 11.8 Å². The highest BCUT2D eigenvalue weighted by atomic mass is 35.5. The number of benzene rings is 3. The highest BCUT2D eigenvalue weighted by Gasteiger charge is 2.16. The molecule has 0 radical (unpaired) electrons. The normalized spacial score (nSPS) is 11.9. The minimum atomic E-state index is -0.477. The Bertz CT molecular complexity index is 1200. The molecule has 8 nitrogen and oxygen atoms in total. The Balaban J connectivity index is 1.28. The molecule has 0 unspecified atom stereocenters. The summed E-state index contributed by atoms with van der Waals surface area (Å²) in [5.74, 6) is 0.772. The SMILES string of the molecule is O=C(CNC(=O)c1ccc2c(c1)OCO2)N/N=C/c1ccccc1OCc1ccccc1Cl. The number of hydrogen-bond donors (Lipinski definition) is 2. The van der Waals surface area contributed by atoms with Crippen LogP contribution in [-0.2, 0) is 11.4 Å². The van der Waals surface area contributed by atoms with E-state index in [1.165, 1.54) is 6.21 Å². The fourth-order valence-corrected chi connectivity index (χ4v) is 3.19. The Kier molecular flexibility index (Phi) is 7.06. The second-order valence-corrected chi connectivity index (χ2v) is 7.37. The van der Waals surface area contributed by atoms with Crippen LogP contribution in [0.25, 0.3) is 0 Å². The number of carbonyl (C=O) groups excluding carboxylic acids is 2. The summed E-state index contributed by atoms with van der Waals surface area (Å²) in [5, 5.41) is 7.11. The van der Waals surface area contributed by atoms with Crippen LogP contribution in [0.3, 0.4) is 0 Å². The van der Waals surface area contributed by atoms with Crippen LogP contribution in [0.4, 0.5) is 0 Å². The van der Waals surface area contributed by atoms with E-state index in [1.54, 1.807) is 36.4 Å². The number of hydrazone groups is 1. The highest BCUT2D eigenvalue weighted by molar-refractivity contribution is 6.31. The van der Waals surface area contributed by atoms with E-state index >= 15 is 0 Å². The Hall–Kier alpha value is -4.04. The third-order valence-electron chi connectivity index (χ3n) is 4.70. The van der Waals surface area contributed by atoms with Crippen LogP contribution in [0.15, 0.2) is 71.8 Å². The maximum atomic E-state index is 12.2. The Morgan fingerprint density at radius 2 is 1.82 bits per heavy atom. The summed E-state index contributed by atoms with van der Waals surface area (Å²) in [6, 6.07) is 19.5. The number of nitrogens with one attached hydrogen (secondary N) is 2. The van der Waals surface area contributed by atoms with Crippen molar-refractivity contribution in [2.75, 3.05) is 13.3 Å². The molecule has 33 heavy (non-hydrogen) atoms. The lowest BCUT2D eigenvalue weighted by Gasteiger charge is -2.10. The molecule has 1 aliphatic heterocycles. The molecule has 0 saturated carbocycles. The molecule has 0 atom stereocenters. The summed E-state index contributed by atoms with van der Waals surface area (Å²) < 4.78 is 16.3. The van der Waals surface area contributed by atoms with Crippen molar-refractivity contribution in [3.8, 4) is 17.2 Å². The van der Waals surface area contributed by atoms with Crippen molar-refractivity contribution in [2.24, 2.45) is 5.10 Å². The molecule has 1 aliphatic rings. The van der Waals surface area contributed by atoms with Crippen molar-refractivity contribution < 1.29 is 23.8 Å². The monoisotopic (exact) mass is 465 g/mol. The third-order valence-corrected chi connectivity index (χ3v) is 5.07. The van der Waals surface area contributed by atoms with E-state index in [0.29, 0.717) is 40.0 Å². The van der Waals surface area contributed by atoms with E-state index in [9.17, 15) is 9.59 Å². The Morgan fingerprint density at radius 3 is 2.70 bits per heavy atom. The van der Waals surface area contributed by atoms with Crippen LogP contribution in [-0.4, -0.2) is 31.4 Å². The van der Waals surface area contributed by atoms with Crippen molar-refractivity contribution in [1.29, 1.82) is 0 Å². The fraction of sp³-hybridized carbons (Fsp3) is 0.125. The van der Waals surface area contributed by atoms with E-state index in [2.05, 4.69) is 15.8 Å². The van der Waals surface area contributed by atoms with Gasteiger partial charge in [0.2, 0.25) is 6.79 Å². The lowest BCUT2D eigenvalue weighted by molar-refractivity contribution is -0.120.